The SMILES string of the molecule is CCCN1CCN(C(=O)CC[I-]C)CC1. The van der Waals surface area contributed by atoms with E-state index in [4.69, 9.17) is 0 Å². The number of carbonyl (C=O) groups is 1. The predicted molar refractivity (Wildman–Crippen MR) is 58.7 cm³/mol. The van der Waals surface area contributed by atoms with Crippen molar-refractivity contribution >= 4 is 5.91 Å². The van der Waals surface area contributed by atoms with Gasteiger partial charge in [-0.25, -0.2) is 0 Å². The van der Waals surface area contributed by atoms with Gasteiger partial charge in [-0.05, 0) is 0 Å². The third-order valence-corrected chi connectivity index (χ3v) is 4.38. The van der Waals surface area contributed by atoms with E-state index < -0.39 is 0 Å². The molecule has 1 amide bonds. The van der Waals surface area contributed by atoms with Crippen LogP contribution in [0, 0.1) is 0 Å². The second-order valence-corrected chi connectivity index (χ2v) is 6.53. The summed E-state index contributed by atoms with van der Waals surface area (Å²) >= 11 is 0.278. The van der Waals surface area contributed by atoms with Crippen molar-refractivity contribution in [1.29, 1.82) is 0 Å². The Balaban J connectivity index is 2.21. The van der Waals surface area contributed by atoms with E-state index in [9.17, 15) is 4.79 Å². The van der Waals surface area contributed by atoms with Crippen LogP contribution in [0.1, 0.15) is 19.8 Å². The first-order valence-electron chi connectivity index (χ1n) is 5.71. The molecule has 1 rings (SSSR count). The van der Waals surface area contributed by atoms with Gasteiger partial charge in [0, 0.05) is 0 Å². The van der Waals surface area contributed by atoms with Gasteiger partial charge in [-0.1, -0.05) is 0 Å². The molecule has 0 aromatic carbocycles. The Morgan fingerprint density at radius 2 is 1.93 bits per heavy atom. The molecular weight excluding hydrogens is 303 g/mol. The Bertz CT molecular complexity index is 191. The van der Waals surface area contributed by atoms with Crippen molar-refractivity contribution < 1.29 is 26.0 Å². The van der Waals surface area contributed by atoms with Gasteiger partial charge in [0.25, 0.3) is 0 Å². The van der Waals surface area contributed by atoms with Gasteiger partial charge in [0.1, 0.15) is 0 Å². The minimum atomic E-state index is 0.278. The van der Waals surface area contributed by atoms with Crippen LogP contribution in [-0.4, -0.2) is 57.8 Å². The first-order chi connectivity index (χ1) is 7.27. The van der Waals surface area contributed by atoms with Gasteiger partial charge in [-0.2, -0.15) is 0 Å². The summed E-state index contributed by atoms with van der Waals surface area (Å²) in [4.78, 5) is 18.5. The molecule has 0 aromatic rings. The third-order valence-electron chi connectivity index (χ3n) is 2.76. The van der Waals surface area contributed by atoms with Crippen molar-refractivity contribution in [1.82, 2.24) is 9.80 Å². The first kappa shape index (κ1) is 13.2. The molecule has 0 radical (unpaired) electrons. The van der Waals surface area contributed by atoms with E-state index in [2.05, 4.69) is 16.8 Å². The molecule has 3 nitrogen and oxygen atoms in total. The average molecular weight is 325 g/mol. The van der Waals surface area contributed by atoms with Crippen LogP contribution >= 0.6 is 0 Å². The van der Waals surface area contributed by atoms with Crippen LogP contribution in [-0.2, 0) is 4.79 Å². The predicted octanol–water partition coefficient (Wildman–Crippen LogP) is -2.35. The second-order valence-electron chi connectivity index (χ2n) is 3.93. The minimum absolute atomic E-state index is 0.278. The summed E-state index contributed by atoms with van der Waals surface area (Å²) in [6.07, 6.45) is 2.01. The van der Waals surface area contributed by atoms with E-state index >= 15 is 0 Å². The van der Waals surface area contributed by atoms with Crippen LogP contribution < -0.4 is 21.2 Å². The number of hydrogen-bond donors (Lipinski definition) is 0. The van der Waals surface area contributed by atoms with E-state index in [-0.39, 0.29) is 21.2 Å². The zero-order valence-corrected chi connectivity index (χ0v) is 12.0. The molecule has 0 saturated carbocycles. The van der Waals surface area contributed by atoms with Gasteiger partial charge in [0.05, 0.1) is 0 Å². The number of rotatable bonds is 5. The summed E-state index contributed by atoms with van der Waals surface area (Å²) in [5.74, 6) is 0.382. The Kier molecular flexibility index (Phi) is 6.56. The van der Waals surface area contributed by atoms with E-state index in [1.807, 2.05) is 4.90 Å². The van der Waals surface area contributed by atoms with E-state index in [0.717, 1.165) is 37.0 Å². The molecule has 0 N–H and O–H groups in total. The van der Waals surface area contributed by atoms with Crippen molar-refractivity contribution in [2.24, 2.45) is 0 Å². The van der Waals surface area contributed by atoms with Gasteiger partial charge >= 0.3 is 104 Å². The summed E-state index contributed by atoms with van der Waals surface area (Å²) in [5.41, 5.74) is 0. The molecule has 1 heterocycles. The van der Waals surface area contributed by atoms with E-state index in [1.54, 1.807) is 0 Å². The molecule has 0 unspecified atom stereocenters. The van der Waals surface area contributed by atoms with Crippen molar-refractivity contribution in [2.45, 2.75) is 19.8 Å². The summed E-state index contributed by atoms with van der Waals surface area (Å²) in [7, 11) is 0. The van der Waals surface area contributed by atoms with Crippen molar-refractivity contribution in [3.8, 4) is 0 Å². The van der Waals surface area contributed by atoms with Crippen LogP contribution in [0.4, 0.5) is 0 Å². The molecule has 0 spiro atoms. The number of nitrogens with zero attached hydrogens (tertiary/aromatic N) is 2. The van der Waals surface area contributed by atoms with Crippen molar-refractivity contribution in [3.63, 3.8) is 0 Å². The van der Waals surface area contributed by atoms with E-state index in [1.165, 1.54) is 13.0 Å². The number of carbonyl (C=O) groups excluding carboxylic acids is 1. The molecule has 0 atom stereocenters. The maximum atomic E-state index is 11.7. The topological polar surface area (TPSA) is 23.6 Å². The molecule has 90 valence electrons. The zero-order chi connectivity index (χ0) is 11.1. The van der Waals surface area contributed by atoms with Crippen LogP contribution in [0.5, 0.6) is 0 Å². The Morgan fingerprint density at radius 1 is 1.27 bits per heavy atom. The van der Waals surface area contributed by atoms with Gasteiger partial charge in [-0.15, -0.1) is 0 Å². The van der Waals surface area contributed by atoms with Crippen LogP contribution in [0.2, 0.25) is 0 Å². The average Bonchev–Trinajstić information content (AvgIpc) is 2.27. The number of amides is 1. The molecule has 0 aromatic heterocycles. The first-order valence-corrected chi connectivity index (χ1v) is 9.40. The third kappa shape index (κ3) is 4.68. The summed E-state index contributed by atoms with van der Waals surface area (Å²) in [6.45, 7) is 7.42. The molecule has 1 fully saturated rings. The summed E-state index contributed by atoms with van der Waals surface area (Å²) in [6, 6.07) is 0. The van der Waals surface area contributed by atoms with Crippen LogP contribution in [0.15, 0.2) is 0 Å². The normalized spacial score (nSPS) is 18.4. The fourth-order valence-electron chi connectivity index (χ4n) is 1.87. The van der Waals surface area contributed by atoms with Crippen molar-refractivity contribution in [2.75, 3.05) is 42.1 Å². The Morgan fingerprint density at radius 3 is 2.47 bits per heavy atom. The number of alkyl halides is 2. The molecule has 4 heteroatoms. The Labute approximate surface area is 103 Å². The molecule has 15 heavy (non-hydrogen) atoms. The number of piperazine rings is 1. The van der Waals surface area contributed by atoms with Gasteiger partial charge in [-0.3, -0.25) is 0 Å². The monoisotopic (exact) mass is 325 g/mol. The van der Waals surface area contributed by atoms with E-state index in [0.29, 0.717) is 5.91 Å². The molecule has 0 bridgehead atoms. The molecule has 1 saturated heterocycles. The summed E-state index contributed by atoms with van der Waals surface area (Å²) < 4.78 is 1.15. The fraction of sp³-hybridized carbons (Fsp3) is 0.909. The zero-order valence-electron chi connectivity index (χ0n) is 9.84. The standard InChI is InChI=1S/C11H22IN2O/c1-3-6-13-7-9-14(10-8-13)11(15)4-5-12-2/h3-10H2,1-2H3/q-1. The molecule has 1 aliphatic heterocycles. The molecular formula is C11H22IN2O-. The maximum absolute atomic E-state index is 11.7. The van der Waals surface area contributed by atoms with Gasteiger partial charge < -0.3 is 0 Å². The number of hydrogen-bond acceptors (Lipinski definition) is 2. The summed E-state index contributed by atoms with van der Waals surface area (Å²) in [5, 5.41) is 0. The van der Waals surface area contributed by atoms with Crippen LogP contribution in [0.3, 0.4) is 0 Å². The van der Waals surface area contributed by atoms with Gasteiger partial charge in [0.2, 0.25) is 0 Å². The molecule has 1 aliphatic rings. The molecule has 0 aliphatic carbocycles. The van der Waals surface area contributed by atoms with Gasteiger partial charge in [0.15, 0.2) is 0 Å². The quantitative estimate of drug-likeness (QED) is 0.418. The Hall–Kier alpha value is 0.160. The van der Waals surface area contributed by atoms with Crippen LogP contribution in [0.25, 0.3) is 0 Å². The fourth-order valence-corrected chi connectivity index (χ4v) is 2.87. The van der Waals surface area contributed by atoms with Crippen molar-refractivity contribution in [3.05, 3.63) is 0 Å². The number of halogens is 1. The second kappa shape index (κ2) is 7.44.